The van der Waals surface area contributed by atoms with Gasteiger partial charge in [0, 0.05) is 30.5 Å². The minimum absolute atomic E-state index is 0.0945. The Hall–Kier alpha value is -1.62. The third kappa shape index (κ3) is 3.44. The van der Waals surface area contributed by atoms with E-state index < -0.39 is 0 Å². The SMILES string of the molecule is CC(C)n1cc(-n2cncc2CNC(C)(C)C)cn1. The normalized spacial score (nSPS) is 12.3. The lowest BCUT2D eigenvalue weighted by molar-refractivity contribution is 0.419. The molecule has 2 rings (SSSR count). The number of hydrogen-bond donors (Lipinski definition) is 1. The smallest absolute Gasteiger partial charge is 0.0995 e. The molecule has 0 aliphatic heterocycles. The highest BCUT2D eigenvalue weighted by molar-refractivity contribution is 5.28. The zero-order valence-corrected chi connectivity index (χ0v) is 12.4. The zero-order valence-electron chi connectivity index (χ0n) is 12.4. The maximum atomic E-state index is 4.37. The molecule has 5 nitrogen and oxygen atoms in total. The molecular formula is C14H23N5. The summed E-state index contributed by atoms with van der Waals surface area (Å²) >= 11 is 0. The fourth-order valence-corrected chi connectivity index (χ4v) is 1.78. The first-order valence-electron chi connectivity index (χ1n) is 6.67. The highest BCUT2D eigenvalue weighted by Crippen LogP contribution is 2.13. The van der Waals surface area contributed by atoms with Gasteiger partial charge in [0.05, 0.1) is 23.9 Å². The van der Waals surface area contributed by atoms with E-state index in [4.69, 9.17) is 0 Å². The van der Waals surface area contributed by atoms with E-state index in [2.05, 4.69) is 54.6 Å². The van der Waals surface area contributed by atoms with E-state index in [1.54, 1.807) is 0 Å². The van der Waals surface area contributed by atoms with Crippen molar-refractivity contribution in [3.63, 3.8) is 0 Å². The molecular weight excluding hydrogens is 238 g/mol. The van der Waals surface area contributed by atoms with Crippen LogP contribution in [0.3, 0.4) is 0 Å². The summed E-state index contributed by atoms with van der Waals surface area (Å²) in [5.41, 5.74) is 2.28. The van der Waals surface area contributed by atoms with E-state index in [0.29, 0.717) is 6.04 Å². The van der Waals surface area contributed by atoms with Crippen LogP contribution in [0.4, 0.5) is 0 Å². The molecule has 0 saturated heterocycles. The number of aromatic nitrogens is 4. The first-order chi connectivity index (χ1) is 8.87. The van der Waals surface area contributed by atoms with Gasteiger partial charge in [-0.15, -0.1) is 0 Å². The fourth-order valence-electron chi connectivity index (χ4n) is 1.78. The van der Waals surface area contributed by atoms with E-state index in [-0.39, 0.29) is 5.54 Å². The van der Waals surface area contributed by atoms with Crippen molar-refractivity contribution in [2.45, 2.75) is 52.7 Å². The van der Waals surface area contributed by atoms with Crippen molar-refractivity contribution in [1.29, 1.82) is 0 Å². The van der Waals surface area contributed by atoms with Gasteiger partial charge in [0.15, 0.2) is 0 Å². The van der Waals surface area contributed by atoms with Gasteiger partial charge >= 0.3 is 0 Å². The molecule has 0 atom stereocenters. The Morgan fingerprint density at radius 3 is 2.58 bits per heavy atom. The molecule has 2 aromatic heterocycles. The van der Waals surface area contributed by atoms with Crippen LogP contribution in [0.2, 0.25) is 0 Å². The fraction of sp³-hybridized carbons (Fsp3) is 0.571. The molecule has 0 saturated carbocycles. The van der Waals surface area contributed by atoms with E-state index in [1.165, 1.54) is 0 Å². The second kappa shape index (κ2) is 5.17. The summed E-state index contributed by atoms with van der Waals surface area (Å²) in [6, 6.07) is 0.369. The Kier molecular flexibility index (Phi) is 3.75. The molecule has 1 N–H and O–H groups in total. The minimum atomic E-state index is 0.0945. The number of rotatable bonds is 4. The molecule has 2 aromatic rings. The van der Waals surface area contributed by atoms with Crippen LogP contribution in [0.15, 0.2) is 24.9 Å². The molecule has 0 bridgehead atoms. The van der Waals surface area contributed by atoms with Crippen molar-refractivity contribution < 1.29 is 0 Å². The summed E-state index contributed by atoms with van der Waals surface area (Å²) in [4.78, 5) is 4.24. The lowest BCUT2D eigenvalue weighted by Gasteiger charge is -2.20. The summed E-state index contributed by atoms with van der Waals surface area (Å²) in [5, 5.41) is 7.85. The molecule has 2 heterocycles. The first kappa shape index (κ1) is 13.8. The van der Waals surface area contributed by atoms with Crippen LogP contribution in [-0.4, -0.2) is 24.9 Å². The Bertz CT molecular complexity index is 530. The summed E-state index contributed by atoms with van der Waals surface area (Å²) < 4.78 is 4.03. The van der Waals surface area contributed by atoms with Gasteiger partial charge in [-0.2, -0.15) is 5.10 Å². The van der Waals surface area contributed by atoms with Crippen LogP contribution < -0.4 is 5.32 Å². The predicted octanol–water partition coefficient (Wildman–Crippen LogP) is 2.54. The summed E-state index contributed by atoms with van der Waals surface area (Å²) in [6.45, 7) is 11.5. The molecule has 0 spiro atoms. The summed E-state index contributed by atoms with van der Waals surface area (Å²) in [5.74, 6) is 0. The number of hydrogen-bond acceptors (Lipinski definition) is 3. The molecule has 0 aliphatic rings. The van der Waals surface area contributed by atoms with Crippen molar-refractivity contribution in [3.05, 3.63) is 30.6 Å². The average molecular weight is 261 g/mol. The van der Waals surface area contributed by atoms with Gasteiger partial charge in [-0.3, -0.25) is 9.25 Å². The van der Waals surface area contributed by atoms with E-state index in [9.17, 15) is 0 Å². The van der Waals surface area contributed by atoms with Crippen molar-refractivity contribution in [2.24, 2.45) is 0 Å². The molecule has 104 valence electrons. The topological polar surface area (TPSA) is 47.7 Å². The first-order valence-corrected chi connectivity index (χ1v) is 6.67. The maximum absolute atomic E-state index is 4.37. The predicted molar refractivity (Wildman–Crippen MR) is 76.3 cm³/mol. The van der Waals surface area contributed by atoms with Gasteiger partial charge in [-0.05, 0) is 34.6 Å². The van der Waals surface area contributed by atoms with Crippen LogP contribution in [0.5, 0.6) is 0 Å². The average Bonchev–Trinajstić information content (AvgIpc) is 2.93. The second-order valence-electron chi connectivity index (χ2n) is 6.13. The Labute approximate surface area is 114 Å². The molecule has 19 heavy (non-hydrogen) atoms. The van der Waals surface area contributed by atoms with Crippen LogP contribution in [-0.2, 0) is 6.54 Å². The molecule has 5 heteroatoms. The molecule has 0 aliphatic carbocycles. The van der Waals surface area contributed by atoms with E-state index >= 15 is 0 Å². The van der Waals surface area contributed by atoms with Gasteiger partial charge in [0.1, 0.15) is 0 Å². The quantitative estimate of drug-likeness (QED) is 0.920. The lowest BCUT2D eigenvalue weighted by atomic mass is 10.1. The Morgan fingerprint density at radius 1 is 1.26 bits per heavy atom. The second-order valence-corrected chi connectivity index (χ2v) is 6.13. The highest BCUT2D eigenvalue weighted by Gasteiger charge is 2.12. The van der Waals surface area contributed by atoms with E-state index in [0.717, 1.165) is 17.9 Å². The number of nitrogens with zero attached hydrogens (tertiary/aromatic N) is 4. The monoisotopic (exact) mass is 261 g/mol. The van der Waals surface area contributed by atoms with E-state index in [1.807, 2.05) is 29.6 Å². The molecule has 0 amide bonds. The van der Waals surface area contributed by atoms with Crippen molar-refractivity contribution >= 4 is 0 Å². The zero-order chi connectivity index (χ0) is 14.0. The number of nitrogens with one attached hydrogen (secondary N) is 1. The van der Waals surface area contributed by atoms with Gasteiger partial charge in [-0.25, -0.2) is 4.98 Å². The Morgan fingerprint density at radius 2 is 2.00 bits per heavy atom. The lowest BCUT2D eigenvalue weighted by Crippen LogP contribution is -2.35. The maximum Gasteiger partial charge on any atom is 0.0995 e. The van der Waals surface area contributed by atoms with Crippen LogP contribution in [0.25, 0.3) is 5.69 Å². The van der Waals surface area contributed by atoms with Crippen LogP contribution >= 0.6 is 0 Å². The molecule has 0 fully saturated rings. The van der Waals surface area contributed by atoms with Gasteiger partial charge < -0.3 is 5.32 Å². The van der Waals surface area contributed by atoms with Crippen molar-refractivity contribution in [2.75, 3.05) is 0 Å². The molecule has 0 aromatic carbocycles. The van der Waals surface area contributed by atoms with Crippen molar-refractivity contribution in [3.8, 4) is 5.69 Å². The number of imidazole rings is 1. The summed E-state index contributed by atoms with van der Waals surface area (Å²) in [6.07, 6.45) is 7.65. The minimum Gasteiger partial charge on any atom is -0.306 e. The molecule has 0 radical (unpaired) electrons. The van der Waals surface area contributed by atoms with Gasteiger partial charge in [0.25, 0.3) is 0 Å². The van der Waals surface area contributed by atoms with Crippen LogP contribution in [0.1, 0.15) is 46.4 Å². The Balaban J connectivity index is 2.18. The molecule has 0 unspecified atom stereocenters. The summed E-state index contributed by atoms with van der Waals surface area (Å²) in [7, 11) is 0. The standard InChI is InChI=1S/C14H23N5/c1-11(2)19-9-13(8-17-19)18-10-15-6-12(18)7-16-14(3,4)5/h6,8-11,16H,7H2,1-5H3. The third-order valence-electron chi connectivity index (χ3n) is 2.91. The van der Waals surface area contributed by atoms with Gasteiger partial charge in [0.2, 0.25) is 0 Å². The third-order valence-corrected chi connectivity index (χ3v) is 2.91. The van der Waals surface area contributed by atoms with Crippen molar-refractivity contribution in [1.82, 2.24) is 24.6 Å². The highest BCUT2D eigenvalue weighted by atomic mass is 15.3. The largest absolute Gasteiger partial charge is 0.306 e. The van der Waals surface area contributed by atoms with Crippen LogP contribution in [0, 0.1) is 0 Å². The van der Waals surface area contributed by atoms with Gasteiger partial charge in [-0.1, -0.05) is 0 Å².